The SMILES string of the molecule is COc1cc(N=NCCC(CC(C)C(=O)O)C(=O)O)ccc1Nc1nc(NCCO)nc(Nc2ccc(N=Nc3cc(C(=O)O)cc(C(=O)O)c3)cc2OC)n1. The van der Waals surface area contributed by atoms with Crippen LogP contribution >= 0.6 is 0 Å². The van der Waals surface area contributed by atoms with Crippen LogP contribution in [0.3, 0.4) is 0 Å². The number of aliphatic hydroxyl groups is 1. The molecule has 0 spiro atoms. The molecule has 0 saturated carbocycles. The quantitative estimate of drug-likeness (QED) is 0.0458. The van der Waals surface area contributed by atoms with E-state index in [-0.39, 0.29) is 72.9 Å². The second kappa shape index (κ2) is 19.7. The molecule has 0 aliphatic carbocycles. The average Bonchev–Trinajstić information content (AvgIpc) is 3.17. The van der Waals surface area contributed by atoms with Gasteiger partial charge in [0.25, 0.3) is 0 Å². The van der Waals surface area contributed by atoms with E-state index >= 15 is 0 Å². The van der Waals surface area contributed by atoms with Crippen molar-refractivity contribution in [1.82, 2.24) is 15.0 Å². The van der Waals surface area contributed by atoms with E-state index in [9.17, 15) is 39.6 Å². The van der Waals surface area contributed by atoms with Gasteiger partial charge in [-0.25, -0.2) is 9.59 Å². The number of aliphatic hydroxyl groups excluding tert-OH is 1. The zero-order valence-electron chi connectivity index (χ0n) is 30.2. The van der Waals surface area contributed by atoms with Gasteiger partial charge in [0.05, 0.1) is 78.8 Å². The minimum Gasteiger partial charge on any atom is -0.494 e. The molecular weight excluding hydrogens is 736 g/mol. The summed E-state index contributed by atoms with van der Waals surface area (Å²) in [5, 5.41) is 71.9. The number of nitrogens with zero attached hydrogens (tertiary/aromatic N) is 7. The molecule has 4 aromatic rings. The van der Waals surface area contributed by atoms with Crippen molar-refractivity contribution in [2.75, 3.05) is 49.9 Å². The third kappa shape index (κ3) is 11.9. The minimum absolute atomic E-state index is 0.0133. The minimum atomic E-state index is -1.32. The van der Waals surface area contributed by atoms with Crippen LogP contribution in [-0.2, 0) is 9.59 Å². The molecule has 1 heterocycles. The lowest BCUT2D eigenvalue weighted by Crippen LogP contribution is -2.21. The lowest BCUT2D eigenvalue weighted by Gasteiger charge is -2.14. The summed E-state index contributed by atoms with van der Waals surface area (Å²) in [5.74, 6) is -5.66. The van der Waals surface area contributed by atoms with Gasteiger partial charge in [0.1, 0.15) is 11.5 Å². The standard InChI is InChI=1S/C35H38N10O11/c1-18(29(47)48)12-19(30(49)50)8-9-37-43-22-4-6-25(27(16-22)55-2)38-34-40-33(36-10-11-46)41-35(42-34)39-26-7-5-23(17-28(26)56-3)44-45-24-14-20(31(51)52)13-21(15-24)32(53)54/h4-7,13-19,46H,8-12H2,1-3H3,(H,47,48)(H,49,50)(H,51,52)(H,53,54)(H3,36,38,39,40,41,42). The fourth-order valence-corrected chi connectivity index (χ4v) is 4.91. The topological polar surface area (TPSA) is 312 Å². The first-order chi connectivity index (χ1) is 26.8. The first-order valence-electron chi connectivity index (χ1n) is 16.7. The molecule has 0 bridgehead atoms. The normalized spacial score (nSPS) is 12.2. The maximum absolute atomic E-state index is 11.6. The van der Waals surface area contributed by atoms with Crippen LogP contribution in [-0.4, -0.2) is 98.3 Å². The number of aliphatic carboxylic acids is 2. The van der Waals surface area contributed by atoms with Gasteiger partial charge in [0.2, 0.25) is 17.8 Å². The highest BCUT2D eigenvalue weighted by molar-refractivity contribution is 5.95. The van der Waals surface area contributed by atoms with Crippen molar-refractivity contribution in [3.8, 4) is 11.5 Å². The van der Waals surface area contributed by atoms with Crippen molar-refractivity contribution >= 4 is 70.2 Å². The van der Waals surface area contributed by atoms with Crippen LogP contribution in [0.25, 0.3) is 0 Å². The molecule has 0 radical (unpaired) electrons. The van der Waals surface area contributed by atoms with Crippen LogP contribution in [0.5, 0.6) is 11.5 Å². The molecule has 2 unspecified atom stereocenters. The molecule has 2 atom stereocenters. The Morgan fingerprint density at radius 1 is 0.696 bits per heavy atom. The van der Waals surface area contributed by atoms with Crippen LogP contribution < -0.4 is 25.4 Å². The van der Waals surface area contributed by atoms with Gasteiger partial charge in [-0.2, -0.15) is 35.4 Å². The van der Waals surface area contributed by atoms with Crippen LogP contribution in [0, 0.1) is 11.8 Å². The van der Waals surface area contributed by atoms with Crippen LogP contribution in [0.4, 0.5) is 46.3 Å². The molecule has 0 fully saturated rings. The number of benzene rings is 3. The van der Waals surface area contributed by atoms with E-state index in [2.05, 4.69) is 51.4 Å². The average molecular weight is 775 g/mol. The molecule has 3 aromatic carbocycles. The van der Waals surface area contributed by atoms with Gasteiger partial charge in [-0.15, -0.1) is 0 Å². The number of azo groups is 2. The molecule has 0 amide bonds. The number of rotatable bonds is 21. The highest BCUT2D eigenvalue weighted by atomic mass is 16.5. The van der Waals surface area contributed by atoms with Crippen LogP contribution in [0.2, 0.25) is 0 Å². The van der Waals surface area contributed by atoms with E-state index in [0.717, 1.165) is 6.07 Å². The van der Waals surface area contributed by atoms with Crippen LogP contribution in [0.15, 0.2) is 75.1 Å². The number of nitrogens with one attached hydrogen (secondary N) is 3. The Bertz CT molecular complexity index is 2100. The van der Waals surface area contributed by atoms with Crippen molar-refractivity contribution in [2.45, 2.75) is 19.8 Å². The Hall–Kier alpha value is -7.29. The number of carboxylic acid groups (broad SMARTS) is 4. The van der Waals surface area contributed by atoms with Gasteiger partial charge in [-0.3, -0.25) is 9.59 Å². The Morgan fingerprint density at radius 3 is 1.70 bits per heavy atom. The van der Waals surface area contributed by atoms with E-state index in [1.54, 1.807) is 30.3 Å². The van der Waals surface area contributed by atoms with Gasteiger partial charge in [-0.1, -0.05) is 6.92 Å². The summed E-state index contributed by atoms with van der Waals surface area (Å²) in [5.41, 5.74) is 1.01. The predicted molar refractivity (Wildman–Crippen MR) is 199 cm³/mol. The Balaban J connectivity index is 1.52. The third-order valence-corrected chi connectivity index (χ3v) is 7.76. The van der Waals surface area contributed by atoms with Crippen molar-refractivity contribution in [3.05, 3.63) is 65.7 Å². The van der Waals surface area contributed by atoms with E-state index in [4.69, 9.17) is 14.6 Å². The second-order valence-electron chi connectivity index (χ2n) is 11.8. The number of ether oxygens (including phenoxy) is 2. The van der Waals surface area contributed by atoms with Gasteiger partial charge >= 0.3 is 23.9 Å². The van der Waals surface area contributed by atoms with Crippen molar-refractivity contribution in [3.63, 3.8) is 0 Å². The first-order valence-corrected chi connectivity index (χ1v) is 16.7. The van der Waals surface area contributed by atoms with Crippen molar-refractivity contribution in [1.29, 1.82) is 0 Å². The lowest BCUT2D eigenvalue weighted by molar-refractivity contribution is -0.145. The van der Waals surface area contributed by atoms with Gasteiger partial charge in [0.15, 0.2) is 0 Å². The molecule has 0 aliphatic rings. The number of carboxylic acids is 4. The number of hydrogen-bond acceptors (Lipinski definition) is 17. The highest BCUT2D eigenvalue weighted by Gasteiger charge is 2.23. The summed E-state index contributed by atoms with van der Waals surface area (Å²) < 4.78 is 11.0. The monoisotopic (exact) mass is 774 g/mol. The number of carbonyl (C=O) groups is 4. The van der Waals surface area contributed by atoms with Gasteiger partial charge in [-0.05, 0) is 55.3 Å². The summed E-state index contributed by atoms with van der Waals surface area (Å²) in [6, 6.07) is 12.9. The van der Waals surface area contributed by atoms with E-state index in [1.807, 2.05) is 0 Å². The predicted octanol–water partition coefficient (Wildman–Crippen LogP) is 5.88. The Labute approximate surface area is 318 Å². The number of methoxy groups -OCH3 is 2. The van der Waals surface area contributed by atoms with E-state index in [0.29, 0.717) is 28.5 Å². The highest BCUT2D eigenvalue weighted by Crippen LogP contribution is 2.34. The smallest absolute Gasteiger partial charge is 0.335 e. The van der Waals surface area contributed by atoms with E-state index < -0.39 is 35.7 Å². The molecule has 56 heavy (non-hydrogen) atoms. The fourth-order valence-electron chi connectivity index (χ4n) is 4.91. The number of aromatic nitrogens is 3. The Morgan fingerprint density at radius 2 is 1.21 bits per heavy atom. The summed E-state index contributed by atoms with van der Waals surface area (Å²) in [6.07, 6.45) is 0.0827. The largest absolute Gasteiger partial charge is 0.494 e. The molecule has 0 aliphatic heterocycles. The zero-order chi connectivity index (χ0) is 40.8. The van der Waals surface area contributed by atoms with Gasteiger partial charge in [0, 0.05) is 18.7 Å². The summed E-state index contributed by atoms with van der Waals surface area (Å²) in [7, 11) is 2.85. The van der Waals surface area contributed by atoms with E-state index in [1.165, 1.54) is 39.3 Å². The molecule has 4 rings (SSSR count). The fraction of sp³-hybridized carbons (Fsp3) is 0.286. The molecule has 8 N–H and O–H groups in total. The first kappa shape index (κ1) is 41.5. The van der Waals surface area contributed by atoms with Crippen molar-refractivity contribution < 1.29 is 54.2 Å². The van der Waals surface area contributed by atoms with Gasteiger partial charge < -0.3 is 51.0 Å². The molecule has 0 saturated heterocycles. The number of hydrogen-bond donors (Lipinski definition) is 8. The second-order valence-corrected chi connectivity index (χ2v) is 11.8. The Kier molecular flexibility index (Phi) is 14.6. The van der Waals surface area contributed by atoms with Crippen molar-refractivity contribution in [2.24, 2.45) is 32.3 Å². The molecule has 21 heteroatoms. The zero-order valence-corrected chi connectivity index (χ0v) is 30.2. The number of anilines is 5. The lowest BCUT2D eigenvalue weighted by atomic mass is 9.93. The molecule has 294 valence electrons. The summed E-state index contributed by atoms with van der Waals surface area (Å²) in [6.45, 7) is 1.43. The maximum Gasteiger partial charge on any atom is 0.335 e. The maximum atomic E-state index is 11.6. The summed E-state index contributed by atoms with van der Waals surface area (Å²) in [4.78, 5) is 58.8. The summed E-state index contributed by atoms with van der Waals surface area (Å²) >= 11 is 0. The molecule has 1 aromatic heterocycles. The number of aromatic carboxylic acids is 2. The van der Waals surface area contributed by atoms with Crippen LogP contribution in [0.1, 0.15) is 40.5 Å². The molecular formula is C35H38N10O11. The third-order valence-electron chi connectivity index (χ3n) is 7.76. The molecule has 21 nitrogen and oxygen atoms in total.